The quantitative estimate of drug-likeness (QED) is 0.852. The van der Waals surface area contributed by atoms with Gasteiger partial charge >= 0.3 is 0 Å². The molecular weight excluding hydrogens is 242 g/mol. The second-order valence-electron chi connectivity index (χ2n) is 4.87. The predicted molar refractivity (Wildman–Crippen MR) is 71.6 cm³/mol. The van der Waals surface area contributed by atoms with Crippen molar-refractivity contribution in [3.63, 3.8) is 0 Å². The van der Waals surface area contributed by atoms with Gasteiger partial charge in [0.15, 0.2) is 11.5 Å². The van der Waals surface area contributed by atoms with Crippen LogP contribution in [0.1, 0.15) is 12.1 Å². The first-order chi connectivity index (χ1) is 9.33. The highest BCUT2D eigenvalue weighted by molar-refractivity contribution is 5.68. The van der Waals surface area contributed by atoms with Gasteiger partial charge in [-0.3, -0.25) is 0 Å². The number of aromatic nitrogens is 2. The number of hydrogen-bond acceptors (Lipinski definition) is 4. The van der Waals surface area contributed by atoms with Gasteiger partial charge < -0.3 is 19.4 Å². The third-order valence-electron chi connectivity index (χ3n) is 3.71. The zero-order chi connectivity index (χ0) is 12.8. The van der Waals surface area contributed by atoms with Crippen molar-refractivity contribution in [1.82, 2.24) is 9.55 Å². The molecule has 2 aliphatic heterocycles. The van der Waals surface area contributed by atoms with Crippen LogP contribution in [0.15, 0.2) is 18.2 Å². The van der Waals surface area contributed by atoms with Gasteiger partial charge in [-0.15, -0.1) is 0 Å². The second-order valence-corrected chi connectivity index (χ2v) is 4.87. The Balaban J connectivity index is 1.82. The van der Waals surface area contributed by atoms with Crippen molar-refractivity contribution in [2.45, 2.75) is 19.9 Å². The van der Waals surface area contributed by atoms with E-state index in [4.69, 9.17) is 14.5 Å². The molecule has 4 rings (SSSR count). The number of benzene rings is 1. The average Bonchev–Trinajstić information content (AvgIpc) is 3.03. The Morgan fingerprint density at radius 2 is 2.16 bits per heavy atom. The Kier molecular flexibility index (Phi) is 2.21. The van der Waals surface area contributed by atoms with Crippen molar-refractivity contribution in [3.05, 3.63) is 23.9 Å². The topological polar surface area (TPSA) is 48.3 Å². The summed E-state index contributed by atoms with van der Waals surface area (Å²) in [5.74, 6) is 2.58. The Hall–Kier alpha value is -2.17. The number of ether oxygens (including phenoxy) is 2. The molecule has 0 spiro atoms. The standard InChI is InChI=1S/C14H15N3O2/c1-9-13(16-14-15-5-2-6-17(9)14)10-3-4-11-12(7-10)19-8-18-11/h3-4,7H,2,5-6,8H2,1H3,(H,15,16). The minimum atomic E-state index is 0.305. The third kappa shape index (κ3) is 1.58. The van der Waals surface area contributed by atoms with E-state index in [1.165, 1.54) is 5.69 Å². The predicted octanol–water partition coefficient (Wildman–Crippen LogP) is 2.40. The molecule has 1 aromatic carbocycles. The third-order valence-corrected chi connectivity index (χ3v) is 3.71. The van der Waals surface area contributed by atoms with Crippen molar-refractivity contribution in [2.75, 3.05) is 18.7 Å². The molecule has 0 saturated heterocycles. The molecule has 2 aliphatic rings. The SMILES string of the molecule is Cc1c(-c2ccc3c(c2)OCO3)nc2n1CCCN2. The monoisotopic (exact) mass is 257 g/mol. The summed E-state index contributed by atoms with van der Waals surface area (Å²) in [5, 5.41) is 3.34. The second kappa shape index (κ2) is 3.91. The highest BCUT2D eigenvalue weighted by atomic mass is 16.7. The fraction of sp³-hybridized carbons (Fsp3) is 0.357. The number of fused-ring (bicyclic) bond motifs is 2. The highest BCUT2D eigenvalue weighted by Crippen LogP contribution is 2.37. The molecule has 0 unspecified atom stereocenters. The summed E-state index contributed by atoms with van der Waals surface area (Å²) in [6.07, 6.45) is 1.14. The molecule has 1 aromatic heterocycles. The van der Waals surface area contributed by atoms with Crippen molar-refractivity contribution < 1.29 is 9.47 Å². The van der Waals surface area contributed by atoms with Gasteiger partial charge in [0.2, 0.25) is 12.7 Å². The molecule has 0 radical (unpaired) electrons. The van der Waals surface area contributed by atoms with E-state index in [9.17, 15) is 0 Å². The largest absolute Gasteiger partial charge is 0.454 e. The maximum absolute atomic E-state index is 5.43. The van der Waals surface area contributed by atoms with E-state index in [-0.39, 0.29) is 0 Å². The van der Waals surface area contributed by atoms with Gasteiger partial charge in [0, 0.05) is 24.3 Å². The van der Waals surface area contributed by atoms with Crippen LogP contribution in [0, 0.1) is 6.92 Å². The van der Waals surface area contributed by atoms with Crippen LogP contribution < -0.4 is 14.8 Å². The Labute approximate surface area is 111 Å². The number of nitrogens with zero attached hydrogens (tertiary/aromatic N) is 2. The summed E-state index contributed by atoms with van der Waals surface area (Å²) < 4.78 is 13.0. The Morgan fingerprint density at radius 3 is 3.05 bits per heavy atom. The lowest BCUT2D eigenvalue weighted by Gasteiger charge is -2.16. The van der Waals surface area contributed by atoms with Crippen LogP contribution >= 0.6 is 0 Å². The van der Waals surface area contributed by atoms with Crippen molar-refractivity contribution in [2.24, 2.45) is 0 Å². The van der Waals surface area contributed by atoms with Crippen LogP contribution in [-0.2, 0) is 6.54 Å². The molecular formula is C14H15N3O2. The molecule has 3 heterocycles. The van der Waals surface area contributed by atoms with Gasteiger partial charge in [0.05, 0.1) is 5.69 Å². The molecule has 0 aliphatic carbocycles. The van der Waals surface area contributed by atoms with E-state index in [0.29, 0.717) is 6.79 Å². The molecule has 0 atom stereocenters. The molecule has 0 bridgehead atoms. The number of anilines is 1. The van der Waals surface area contributed by atoms with Crippen LogP contribution in [0.5, 0.6) is 11.5 Å². The van der Waals surface area contributed by atoms with Gasteiger partial charge in [0.25, 0.3) is 0 Å². The highest BCUT2D eigenvalue weighted by Gasteiger charge is 2.20. The van der Waals surface area contributed by atoms with Gasteiger partial charge in [-0.05, 0) is 31.5 Å². The van der Waals surface area contributed by atoms with Gasteiger partial charge in [-0.2, -0.15) is 0 Å². The average molecular weight is 257 g/mol. The van der Waals surface area contributed by atoms with Crippen LogP contribution in [-0.4, -0.2) is 22.9 Å². The lowest BCUT2D eigenvalue weighted by Crippen LogP contribution is -2.17. The number of rotatable bonds is 1. The lowest BCUT2D eigenvalue weighted by molar-refractivity contribution is 0.174. The summed E-state index contributed by atoms with van der Waals surface area (Å²) >= 11 is 0. The van der Waals surface area contributed by atoms with E-state index in [0.717, 1.165) is 48.2 Å². The Bertz CT molecular complexity index is 648. The van der Waals surface area contributed by atoms with Crippen LogP contribution in [0.3, 0.4) is 0 Å². The lowest BCUT2D eigenvalue weighted by atomic mass is 10.1. The normalized spacial score (nSPS) is 16.1. The first kappa shape index (κ1) is 10.7. The molecule has 5 nitrogen and oxygen atoms in total. The molecule has 1 N–H and O–H groups in total. The first-order valence-electron chi connectivity index (χ1n) is 6.54. The van der Waals surface area contributed by atoms with Gasteiger partial charge in [-0.25, -0.2) is 4.98 Å². The minimum Gasteiger partial charge on any atom is -0.454 e. The van der Waals surface area contributed by atoms with Crippen LogP contribution in [0.4, 0.5) is 5.95 Å². The van der Waals surface area contributed by atoms with Crippen molar-refractivity contribution >= 4 is 5.95 Å². The summed E-state index contributed by atoms with van der Waals surface area (Å²) in [6.45, 7) is 4.45. The van der Waals surface area contributed by atoms with Crippen molar-refractivity contribution in [1.29, 1.82) is 0 Å². The number of imidazole rings is 1. The van der Waals surface area contributed by atoms with Crippen molar-refractivity contribution in [3.8, 4) is 22.8 Å². The van der Waals surface area contributed by atoms with Gasteiger partial charge in [0.1, 0.15) is 0 Å². The van der Waals surface area contributed by atoms with Crippen LogP contribution in [0.25, 0.3) is 11.3 Å². The molecule has 0 fully saturated rings. The fourth-order valence-corrected chi connectivity index (χ4v) is 2.70. The summed E-state index contributed by atoms with van der Waals surface area (Å²) in [6, 6.07) is 5.99. The fourth-order valence-electron chi connectivity index (χ4n) is 2.70. The molecule has 0 amide bonds. The maximum Gasteiger partial charge on any atom is 0.231 e. The molecule has 5 heteroatoms. The molecule has 19 heavy (non-hydrogen) atoms. The zero-order valence-electron chi connectivity index (χ0n) is 10.8. The van der Waals surface area contributed by atoms with Gasteiger partial charge in [-0.1, -0.05) is 0 Å². The number of nitrogens with one attached hydrogen (secondary N) is 1. The van der Waals surface area contributed by atoms with E-state index >= 15 is 0 Å². The summed E-state index contributed by atoms with van der Waals surface area (Å²) in [7, 11) is 0. The van der Waals surface area contributed by atoms with Crippen LogP contribution in [0.2, 0.25) is 0 Å². The first-order valence-corrected chi connectivity index (χ1v) is 6.54. The maximum atomic E-state index is 5.43. The molecule has 0 saturated carbocycles. The molecule has 2 aromatic rings. The smallest absolute Gasteiger partial charge is 0.231 e. The summed E-state index contributed by atoms with van der Waals surface area (Å²) in [5.41, 5.74) is 3.29. The zero-order valence-corrected chi connectivity index (χ0v) is 10.8. The number of hydrogen-bond donors (Lipinski definition) is 1. The van der Waals surface area contributed by atoms with E-state index in [1.54, 1.807) is 0 Å². The molecule has 98 valence electrons. The summed E-state index contributed by atoms with van der Waals surface area (Å²) in [4.78, 5) is 4.70. The minimum absolute atomic E-state index is 0.305. The van der Waals surface area contributed by atoms with E-state index < -0.39 is 0 Å². The van der Waals surface area contributed by atoms with E-state index in [1.807, 2.05) is 18.2 Å². The van der Waals surface area contributed by atoms with E-state index in [2.05, 4.69) is 16.8 Å². The Morgan fingerprint density at radius 1 is 1.26 bits per heavy atom.